The van der Waals surface area contributed by atoms with E-state index >= 15 is 0 Å². The lowest BCUT2D eigenvalue weighted by Crippen LogP contribution is -2.34. The summed E-state index contributed by atoms with van der Waals surface area (Å²) in [6.45, 7) is 0.670. The lowest BCUT2D eigenvalue weighted by molar-refractivity contribution is -0.131. The molecule has 1 heterocycles. The Balaban J connectivity index is 1.81. The minimum absolute atomic E-state index is 0.194. The normalized spacial score (nSPS) is 15.1. The van der Waals surface area contributed by atoms with E-state index in [0.29, 0.717) is 31.3 Å². The predicted octanol–water partition coefficient (Wildman–Crippen LogP) is 2.44. The molecule has 0 unspecified atom stereocenters. The third-order valence-corrected chi connectivity index (χ3v) is 2.97. The van der Waals surface area contributed by atoms with Gasteiger partial charge in [0, 0.05) is 31.3 Å². The number of hydrogen-bond acceptors (Lipinski definition) is 2. The van der Waals surface area contributed by atoms with Crippen molar-refractivity contribution < 1.29 is 9.21 Å². The molecule has 1 fully saturated rings. The van der Waals surface area contributed by atoms with Crippen LogP contribution in [0.25, 0.3) is 0 Å². The summed E-state index contributed by atoms with van der Waals surface area (Å²) < 4.78 is 5.20. The van der Waals surface area contributed by atoms with Gasteiger partial charge in [-0.05, 0) is 25.0 Å². The fraction of sp³-hybridized carbons (Fsp3) is 0.583. The molecule has 0 bridgehead atoms. The number of furan rings is 1. The first kappa shape index (κ1) is 11.5. The molecule has 0 N–H and O–H groups in total. The maximum atomic E-state index is 11.9. The minimum Gasteiger partial charge on any atom is -0.469 e. The van der Waals surface area contributed by atoms with Crippen molar-refractivity contribution in [1.82, 2.24) is 4.90 Å². The van der Waals surface area contributed by atoms with Crippen molar-refractivity contribution in [3.8, 4) is 0 Å². The third kappa shape index (κ3) is 3.01. The molecular weight excluding hydrogens is 226 g/mol. The molecule has 0 saturated heterocycles. The summed E-state index contributed by atoms with van der Waals surface area (Å²) in [5.41, 5.74) is 0. The first-order chi connectivity index (χ1) is 7.81. The summed E-state index contributed by atoms with van der Waals surface area (Å²) >= 11 is 5.70. The molecule has 3 nitrogen and oxygen atoms in total. The molecule has 0 atom stereocenters. The lowest BCUT2D eigenvalue weighted by atomic mass is 10.2. The van der Waals surface area contributed by atoms with Crippen molar-refractivity contribution in [3.05, 3.63) is 24.2 Å². The van der Waals surface area contributed by atoms with Crippen molar-refractivity contribution in [2.24, 2.45) is 0 Å². The van der Waals surface area contributed by atoms with Crippen molar-refractivity contribution in [2.45, 2.75) is 31.7 Å². The van der Waals surface area contributed by atoms with Crippen LogP contribution < -0.4 is 0 Å². The van der Waals surface area contributed by atoms with E-state index in [-0.39, 0.29) is 5.91 Å². The monoisotopic (exact) mass is 241 g/mol. The number of alkyl halides is 1. The Bertz CT molecular complexity index is 333. The van der Waals surface area contributed by atoms with Crippen LogP contribution in [0.15, 0.2) is 22.8 Å². The highest BCUT2D eigenvalue weighted by molar-refractivity contribution is 6.18. The summed E-state index contributed by atoms with van der Waals surface area (Å²) in [7, 11) is 0. The average molecular weight is 242 g/mol. The van der Waals surface area contributed by atoms with E-state index in [2.05, 4.69) is 0 Å². The van der Waals surface area contributed by atoms with Gasteiger partial charge in [0.15, 0.2) is 0 Å². The van der Waals surface area contributed by atoms with E-state index in [0.717, 1.165) is 18.6 Å². The van der Waals surface area contributed by atoms with Crippen LogP contribution in [0.2, 0.25) is 0 Å². The zero-order valence-corrected chi connectivity index (χ0v) is 9.95. The SMILES string of the molecule is O=C(CCc1ccco1)N(CCCl)C1CC1. The van der Waals surface area contributed by atoms with Gasteiger partial charge in [-0.1, -0.05) is 0 Å². The molecule has 0 aromatic carbocycles. The van der Waals surface area contributed by atoms with E-state index < -0.39 is 0 Å². The number of halogens is 1. The molecule has 1 aromatic rings. The van der Waals surface area contributed by atoms with Crippen molar-refractivity contribution in [3.63, 3.8) is 0 Å². The number of rotatable bonds is 6. The van der Waals surface area contributed by atoms with Gasteiger partial charge in [0.25, 0.3) is 0 Å². The van der Waals surface area contributed by atoms with Gasteiger partial charge in [-0.25, -0.2) is 0 Å². The molecule has 2 rings (SSSR count). The van der Waals surface area contributed by atoms with E-state index in [4.69, 9.17) is 16.0 Å². The zero-order chi connectivity index (χ0) is 11.4. The zero-order valence-electron chi connectivity index (χ0n) is 9.19. The van der Waals surface area contributed by atoms with Crippen LogP contribution in [0.3, 0.4) is 0 Å². The van der Waals surface area contributed by atoms with E-state index in [1.54, 1.807) is 6.26 Å². The molecule has 0 spiro atoms. The van der Waals surface area contributed by atoms with Crippen LogP contribution in [-0.4, -0.2) is 29.3 Å². The molecule has 1 aliphatic carbocycles. The molecular formula is C12H16ClNO2. The van der Waals surface area contributed by atoms with Gasteiger partial charge in [-0.3, -0.25) is 4.79 Å². The Labute approximate surface area is 100 Å². The van der Waals surface area contributed by atoms with Gasteiger partial charge in [0.2, 0.25) is 5.91 Å². The summed E-state index contributed by atoms with van der Waals surface area (Å²) in [6, 6.07) is 4.19. The van der Waals surface area contributed by atoms with Crippen LogP contribution >= 0.6 is 11.6 Å². The maximum Gasteiger partial charge on any atom is 0.223 e. The van der Waals surface area contributed by atoms with E-state index in [9.17, 15) is 4.79 Å². The molecule has 1 aromatic heterocycles. The molecule has 88 valence electrons. The number of nitrogens with zero attached hydrogens (tertiary/aromatic N) is 1. The topological polar surface area (TPSA) is 33.5 Å². The van der Waals surface area contributed by atoms with Crippen molar-refractivity contribution in [1.29, 1.82) is 0 Å². The summed E-state index contributed by atoms with van der Waals surface area (Å²) in [5, 5.41) is 0. The van der Waals surface area contributed by atoms with Crippen LogP contribution in [0, 0.1) is 0 Å². The number of hydrogen-bond donors (Lipinski definition) is 0. The molecule has 4 heteroatoms. The van der Waals surface area contributed by atoms with Crippen LogP contribution in [-0.2, 0) is 11.2 Å². The summed E-state index contributed by atoms with van der Waals surface area (Å²) in [5.74, 6) is 1.58. The van der Waals surface area contributed by atoms with Gasteiger partial charge in [0.05, 0.1) is 6.26 Å². The fourth-order valence-electron chi connectivity index (χ4n) is 1.82. The quantitative estimate of drug-likeness (QED) is 0.717. The number of carbonyl (C=O) groups is 1. The first-order valence-corrected chi connectivity index (χ1v) is 6.22. The first-order valence-electron chi connectivity index (χ1n) is 5.69. The molecule has 0 radical (unpaired) electrons. The Morgan fingerprint density at radius 2 is 2.38 bits per heavy atom. The molecule has 1 saturated carbocycles. The van der Waals surface area contributed by atoms with Gasteiger partial charge in [-0.2, -0.15) is 0 Å². The highest BCUT2D eigenvalue weighted by Gasteiger charge is 2.31. The van der Waals surface area contributed by atoms with Crippen LogP contribution in [0.4, 0.5) is 0 Å². The fourth-order valence-corrected chi connectivity index (χ4v) is 2.00. The molecule has 1 amide bonds. The van der Waals surface area contributed by atoms with Gasteiger partial charge in [-0.15, -0.1) is 11.6 Å². The average Bonchev–Trinajstić information content (AvgIpc) is 2.99. The van der Waals surface area contributed by atoms with Gasteiger partial charge < -0.3 is 9.32 Å². The molecule has 1 aliphatic rings. The predicted molar refractivity (Wildman–Crippen MR) is 62.5 cm³/mol. The van der Waals surface area contributed by atoms with Gasteiger partial charge >= 0.3 is 0 Å². The minimum atomic E-state index is 0.194. The Morgan fingerprint density at radius 3 is 2.94 bits per heavy atom. The second-order valence-corrected chi connectivity index (χ2v) is 4.46. The molecule has 16 heavy (non-hydrogen) atoms. The summed E-state index contributed by atoms with van der Waals surface area (Å²) in [4.78, 5) is 13.8. The molecule has 0 aliphatic heterocycles. The number of carbonyl (C=O) groups excluding carboxylic acids is 1. The van der Waals surface area contributed by atoms with E-state index in [1.165, 1.54) is 0 Å². The Hall–Kier alpha value is -0.960. The van der Waals surface area contributed by atoms with Crippen molar-refractivity contribution >= 4 is 17.5 Å². The standard InChI is InChI=1S/C12H16ClNO2/c13-7-8-14(10-3-4-10)12(15)6-5-11-2-1-9-16-11/h1-2,9-10H,3-8H2. The van der Waals surface area contributed by atoms with Crippen LogP contribution in [0.1, 0.15) is 25.0 Å². The largest absolute Gasteiger partial charge is 0.469 e. The number of amides is 1. The van der Waals surface area contributed by atoms with Crippen molar-refractivity contribution in [2.75, 3.05) is 12.4 Å². The van der Waals surface area contributed by atoms with Crippen LogP contribution in [0.5, 0.6) is 0 Å². The summed E-state index contributed by atoms with van der Waals surface area (Å²) in [6.07, 6.45) is 5.09. The highest BCUT2D eigenvalue weighted by atomic mass is 35.5. The Kier molecular flexibility index (Phi) is 3.88. The third-order valence-electron chi connectivity index (χ3n) is 2.80. The second kappa shape index (κ2) is 5.39. The second-order valence-electron chi connectivity index (χ2n) is 4.09. The Morgan fingerprint density at radius 1 is 1.56 bits per heavy atom. The van der Waals surface area contributed by atoms with Gasteiger partial charge in [0.1, 0.15) is 5.76 Å². The van der Waals surface area contributed by atoms with E-state index in [1.807, 2.05) is 17.0 Å². The smallest absolute Gasteiger partial charge is 0.223 e. The highest BCUT2D eigenvalue weighted by Crippen LogP contribution is 2.27. The number of aryl methyl sites for hydroxylation is 1. The lowest BCUT2D eigenvalue weighted by Gasteiger charge is -2.20. The maximum absolute atomic E-state index is 11.9.